The Bertz CT molecular complexity index is 134. The zero-order valence-electron chi connectivity index (χ0n) is 6.51. The fourth-order valence-electron chi connectivity index (χ4n) is 0.335. The normalized spacial score (nSPS) is 8.30. The van der Waals surface area contributed by atoms with E-state index in [2.05, 4.69) is 4.74 Å². The molecule has 3 heteroatoms. The first kappa shape index (κ1) is 9.01. The van der Waals surface area contributed by atoms with E-state index in [1.165, 1.54) is 13.4 Å². The summed E-state index contributed by atoms with van der Waals surface area (Å²) in [5.41, 5.74) is 1.02. The molecule has 0 aliphatic carbocycles. The van der Waals surface area contributed by atoms with Crippen LogP contribution in [0.15, 0.2) is 11.8 Å². The average molecular weight is 144 g/mol. The zero-order chi connectivity index (χ0) is 7.98. The summed E-state index contributed by atoms with van der Waals surface area (Å²) in [7, 11) is 1.33. The summed E-state index contributed by atoms with van der Waals surface area (Å²) in [4.78, 5) is 10.4. The van der Waals surface area contributed by atoms with Gasteiger partial charge in [-0.1, -0.05) is 0 Å². The Morgan fingerprint density at radius 1 is 1.50 bits per heavy atom. The number of hydrogen-bond donors (Lipinski definition) is 0. The van der Waals surface area contributed by atoms with E-state index in [4.69, 9.17) is 4.74 Å². The van der Waals surface area contributed by atoms with Crippen molar-refractivity contribution >= 4 is 5.97 Å². The summed E-state index contributed by atoms with van der Waals surface area (Å²) < 4.78 is 9.15. The fourth-order valence-corrected chi connectivity index (χ4v) is 0.335. The van der Waals surface area contributed by atoms with Crippen molar-refractivity contribution in [2.24, 2.45) is 0 Å². The molecule has 0 heterocycles. The van der Waals surface area contributed by atoms with Crippen LogP contribution < -0.4 is 0 Å². The van der Waals surface area contributed by atoms with Crippen molar-refractivity contribution in [2.45, 2.75) is 13.8 Å². The van der Waals surface area contributed by atoms with Gasteiger partial charge in [0.1, 0.15) is 0 Å². The number of methoxy groups -OCH3 is 1. The molecule has 58 valence electrons. The third-order valence-electron chi connectivity index (χ3n) is 0.748. The lowest BCUT2D eigenvalue weighted by atomic mass is 10.4. The van der Waals surface area contributed by atoms with E-state index in [9.17, 15) is 4.79 Å². The predicted octanol–water partition coefficient (Wildman–Crippen LogP) is 1.10. The van der Waals surface area contributed by atoms with Gasteiger partial charge < -0.3 is 9.47 Å². The van der Waals surface area contributed by atoms with Gasteiger partial charge in [0.25, 0.3) is 0 Å². The molecule has 0 spiro atoms. The number of hydrogen-bond acceptors (Lipinski definition) is 3. The molecule has 0 unspecified atom stereocenters. The molecule has 0 atom stereocenters. The quantitative estimate of drug-likeness (QED) is 0.439. The van der Waals surface area contributed by atoms with Crippen molar-refractivity contribution in [1.29, 1.82) is 0 Å². The smallest absolute Gasteiger partial charge is 0.343 e. The largest absolute Gasteiger partial charge is 0.490 e. The lowest BCUT2D eigenvalue weighted by Gasteiger charge is -1.98. The lowest BCUT2D eigenvalue weighted by molar-refractivity contribution is -0.144. The Balaban J connectivity index is 3.37. The molecular formula is C7H12O3. The summed E-state index contributed by atoms with van der Waals surface area (Å²) in [6.45, 7) is 3.76. The molecule has 0 aromatic rings. The molecule has 0 amide bonds. The van der Waals surface area contributed by atoms with Crippen molar-refractivity contribution in [3.63, 3.8) is 0 Å². The Kier molecular flexibility index (Phi) is 4.37. The van der Waals surface area contributed by atoms with Crippen molar-refractivity contribution < 1.29 is 14.3 Å². The highest BCUT2D eigenvalue weighted by atomic mass is 16.6. The van der Waals surface area contributed by atoms with Gasteiger partial charge in [0.2, 0.25) is 0 Å². The maximum absolute atomic E-state index is 10.4. The van der Waals surface area contributed by atoms with Crippen LogP contribution in [0.4, 0.5) is 0 Å². The van der Waals surface area contributed by atoms with Gasteiger partial charge in [0, 0.05) is 0 Å². The third kappa shape index (κ3) is 5.15. The molecule has 0 bridgehead atoms. The summed E-state index contributed by atoms with van der Waals surface area (Å²) in [6, 6.07) is 0. The Morgan fingerprint density at radius 3 is 2.50 bits per heavy atom. The maximum atomic E-state index is 10.4. The SMILES string of the molecule is COC(=O)COC=C(C)C. The van der Waals surface area contributed by atoms with Crippen LogP contribution in [0.25, 0.3) is 0 Å². The van der Waals surface area contributed by atoms with E-state index in [0.717, 1.165) is 5.57 Å². The van der Waals surface area contributed by atoms with Gasteiger partial charge in [-0.25, -0.2) is 4.79 Å². The van der Waals surface area contributed by atoms with Gasteiger partial charge in [0.15, 0.2) is 6.61 Å². The van der Waals surface area contributed by atoms with Crippen LogP contribution in [-0.2, 0) is 14.3 Å². The fraction of sp³-hybridized carbons (Fsp3) is 0.571. The van der Waals surface area contributed by atoms with E-state index in [0.29, 0.717) is 0 Å². The van der Waals surface area contributed by atoms with Gasteiger partial charge >= 0.3 is 5.97 Å². The molecule has 0 N–H and O–H groups in total. The molecule has 0 saturated heterocycles. The van der Waals surface area contributed by atoms with Crippen LogP contribution >= 0.6 is 0 Å². The summed E-state index contributed by atoms with van der Waals surface area (Å²) >= 11 is 0. The predicted molar refractivity (Wildman–Crippen MR) is 37.4 cm³/mol. The van der Waals surface area contributed by atoms with Gasteiger partial charge in [0.05, 0.1) is 13.4 Å². The average Bonchev–Trinajstić information content (AvgIpc) is 1.87. The molecule has 10 heavy (non-hydrogen) atoms. The molecule has 3 nitrogen and oxygen atoms in total. The van der Waals surface area contributed by atoms with Crippen LogP contribution in [0.5, 0.6) is 0 Å². The van der Waals surface area contributed by atoms with Gasteiger partial charge in [-0.15, -0.1) is 0 Å². The highest BCUT2D eigenvalue weighted by molar-refractivity contribution is 5.70. The Hall–Kier alpha value is -0.990. The lowest BCUT2D eigenvalue weighted by Crippen LogP contribution is -2.07. The van der Waals surface area contributed by atoms with E-state index in [-0.39, 0.29) is 12.6 Å². The summed E-state index contributed by atoms with van der Waals surface area (Å²) in [5, 5.41) is 0. The minimum atomic E-state index is -0.363. The first-order chi connectivity index (χ1) is 4.66. The maximum Gasteiger partial charge on any atom is 0.343 e. The molecule has 0 saturated carbocycles. The monoisotopic (exact) mass is 144 g/mol. The molecule has 0 rings (SSSR count). The van der Waals surface area contributed by atoms with Crippen LogP contribution in [0.3, 0.4) is 0 Å². The second kappa shape index (κ2) is 4.85. The van der Waals surface area contributed by atoms with E-state index < -0.39 is 0 Å². The standard InChI is InChI=1S/C7H12O3/c1-6(2)4-10-5-7(8)9-3/h4H,5H2,1-3H3. The van der Waals surface area contributed by atoms with Crippen molar-refractivity contribution in [3.8, 4) is 0 Å². The second-order valence-electron chi connectivity index (χ2n) is 2.08. The first-order valence-corrected chi connectivity index (χ1v) is 2.98. The molecule has 0 radical (unpaired) electrons. The molecule has 0 aromatic heterocycles. The van der Waals surface area contributed by atoms with Crippen molar-refractivity contribution in [2.75, 3.05) is 13.7 Å². The summed E-state index contributed by atoms with van der Waals surface area (Å²) in [6.07, 6.45) is 1.52. The highest BCUT2D eigenvalue weighted by Gasteiger charge is 1.95. The third-order valence-corrected chi connectivity index (χ3v) is 0.748. The first-order valence-electron chi connectivity index (χ1n) is 2.98. The molecule has 0 aliphatic heterocycles. The van der Waals surface area contributed by atoms with Crippen LogP contribution in [0, 0.1) is 0 Å². The minimum Gasteiger partial charge on any atom is -0.490 e. The van der Waals surface area contributed by atoms with Crippen molar-refractivity contribution in [3.05, 3.63) is 11.8 Å². The number of allylic oxidation sites excluding steroid dienone is 1. The second-order valence-corrected chi connectivity index (χ2v) is 2.08. The minimum absolute atomic E-state index is 0.0122. The van der Waals surface area contributed by atoms with Gasteiger partial charge in [-0.2, -0.15) is 0 Å². The summed E-state index contributed by atoms with van der Waals surface area (Å²) in [5.74, 6) is -0.363. The van der Waals surface area contributed by atoms with E-state index in [1.807, 2.05) is 13.8 Å². The molecular weight excluding hydrogens is 132 g/mol. The zero-order valence-corrected chi connectivity index (χ0v) is 6.51. The van der Waals surface area contributed by atoms with Gasteiger partial charge in [-0.3, -0.25) is 0 Å². The Labute approximate surface area is 60.6 Å². The van der Waals surface area contributed by atoms with Crippen LogP contribution in [-0.4, -0.2) is 19.7 Å². The number of rotatable bonds is 3. The van der Waals surface area contributed by atoms with Crippen LogP contribution in [0.2, 0.25) is 0 Å². The van der Waals surface area contributed by atoms with Gasteiger partial charge in [-0.05, 0) is 19.4 Å². The van der Waals surface area contributed by atoms with E-state index in [1.54, 1.807) is 0 Å². The van der Waals surface area contributed by atoms with Crippen molar-refractivity contribution in [1.82, 2.24) is 0 Å². The number of esters is 1. The number of carbonyl (C=O) groups excluding carboxylic acids is 1. The number of carbonyl (C=O) groups is 1. The molecule has 0 aliphatic rings. The van der Waals surface area contributed by atoms with Crippen LogP contribution in [0.1, 0.15) is 13.8 Å². The van der Waals surface area contributed by atoms with E-state index >= 15 is 0 Å². The highest BCUT2D eigenvalue weighted by Crippen LogP contribution is 1.89. The molecule has 0 fully saturated rings. The Morgan fingerprint density at radius 2 is 2.10 bits per heavy atom. The number of ether oxygens (including phenoxy) is 2. The molecule has 0 aromatic carbocycles. The topological polar surface area (TPSA) is 35.5 Å².